The minimum atomic E-state index is 0. The lowest BCUT2D eigenvalue weighted by Gasteiger charge is -2.32. The van der Waals surface area contributed by atoms with E-state index in [1.165, 1.54) is 11.1 Å². The van der Waals surface area contributed by atoms with Gasteiger partial charge in [-0.3, -0.25) is 9.58 Å². The standard InChI is InChI=1S/C15H19N3O2.ClH/c1-2-4-13-12(3-1)15-14(20-10-7-18(15)16-13)11-17-5-8-19-9-6-17;/h1-4,14H,5-11H2;1H. The number of rotatable bonds is 2. The van der Waals surface area contributed by atoms with Crippen molar-refractivity contribution >= 4 is 10.9 Å². The summed E-state index contributed by atoms with van der Waals surface area (Å²) in [5, 5.41) is 5.92. The number of hydrogen-bond acceptors (Lipinski definition) is 4. The van der Waals surface area contributed by atoms with Crippen molar-refractivity contribution in [3.05, 3.63) is 30.0 Å². The summed E-state index contributed by atoms with van der Waals surface area (Å²) in [6, 6.07) is 8.34. The van der Waals surface area contributed by atoms with Crippen molar-refractivity contribution < 1.29 is 23.3 Å². The van der Waals surface area contributed by atoms with E-state index < -0.39 is 0 Å². The summed E-state index contributed by atoms with van der Waals surface area (Å²) in [7, 11) is 0. The van der Waals surface area contributed by atoms with Crippen LogP contribution in [-0.4, -0.2) is 54.1 Å². The van der Waals surface area contributed by atoms with Gasteiger partial charge in [0.25, 0.3) is 0 Å². The van der Waals surface area contributed by atoms with E-state index >= 15 is 0 Å². The quantitative estimate of drug-likeness (QED) is 0.681. The molecule has 0 saturated carbocycles. The molecule has 1 unspecified atom stereocenters. The average Bonchev–Trinajstić information content (AvgIpc) is 2.88. The van der Waals surface area contributed by atoms with E-state index in [2.05, 4.69) is 27.8 Å². The summed E-state index contributed by atoms with van der Waals surface area (Å²) in [6.45, 7) is 6.16. The van der Waals surface area contributed by atoms with Crippen LogP contribution in [0.5, 0.6) is 0 Å². The third-order valence-electron chi connectivity index (χ3n) is 4.14. The number of benzene rings is 1. The molecule has 5 nitrogen and oxygen atoms in total. The van der Waals surface area contributed by atoms with Crippen LogP contribution >= 0.6 is 0 Å². The lowest BCUT2D eigenvalue weighted by molar-refractivity contribution is -0.0299. The molecule has 0 bridgehead atoms. The number of ether oxygens (including phenoxy) is 2. The summed E-state index contributed by atoms with van der Waals surface area (Å²) in [5.41, 5.74) is 2.30. The maximum Gasteiger partial charge on any atom is 1.00 e. The van der Waals surface area contributed by atoms with Crippen LogP contribution in [0.25, 0.3) is 10.9 Å². The Morgan fingerprint density at radius 2 is 1.95 bits per heavy atom. The highest BCUT2D eigenvalue weighted by molar-refractivity contribution is 5.82. The molecule has 0 radical (unpaired) electrons. The van der Waals surface area contributed by atoms with Gasteiger partial charge in [0.05, 0.1) is 37.6 Å². The van der Waals surface area contributed by atoms with Crippen LogP contribution in [0.3, 0.4) is 0 Å². The smallest absolute Gasteiger partial charge is 1.00 e. The minimum absolute atomic E-state index is 0. The molecule has 2 aliphatic heterocycles. The number of halogens is 1. The van der Waals surface area contributed by atoms with Crippen LogP contribution in [0.1, 0.15) is 13.2 Å². The predicted octanol–water partition coefficient (Wildman–Crippen LogP) is -1.44. The molecule has 4 rings (SSSR count). The molecule has 0 aliphatic carbocycles. The van der Waals surface area contributed by atoms with Gasteiger partial charge in [0, 0.05) is 25.0 Å². The van der Waals surface area contributed by atoms with Gasteiger partial charge in [0.15, 0.2) is 0 Å². The van der Waals surface area contributed by atoms with E-state index in [4.69, 9.17) is 14.6 Å². The summed E-state index contributed by atoms with van der Waals surface area (Å²) in [5.74, 6) is 0. The Bertz CT molecular complexity index is 616. The minimum Gasteiger partial charge on any atom is -1.00 e. The molecule has 1 saturated heterocycles. The van der Waals surface area contributed by atoms with E-state index in [0.717, 1.165) is 51.5 Å². The van der Waals surface area contributed by atoms with Crippen LogP contribution in [-0.2, 0) is 16.0 Å². The van der Waals surface area contributed by atoms with Gasteiger partial charge in [-0.2, -0.15) is 5.10 Å². The first kappa shape index (κ1) is 14.8. The van der Waals surface area contributed by atoms with Crippen LogP contribution < -0.4 is 12.4 Å². The fraction of sp³-hybridized carbons (Fsp3) is 0.533. The summed E-state index contributed by atoms with van der Waals surface area (Å²) in [6.07, 6.45) is 0.120. The third kappa shape index (κ3) is 2.79. The molecule has 6 heteroatoms. The van der Waals surface area contributed by atoms with E-state index in [0.29, 0.717) is 0 Å². The normalized spacial score (nSPS) is 22.8. The highest BCUT2D eigenvalue weighted by atomic mass is 35.5. The van der Waals surface area contributed by atoms with Gasteiger partial charge >= 0.3 is 1.43 Å². The molecule has 114 valence electrons. The first-order valence-electron chi connectivity index (χ1n) is 7.29. The second-order valence-electron chi connectivity index (χ2n) is 5.40. The molecule has 1 atom stereocenters. The Balaban J connectivity index is 0.000000882. The highest BCUT2D eigenvalue weighted by Gasteiger charge is 2.27. The topological polar surface area (TPSA) is 39.5 Å². The molecule has 2 aromatic rings. The van der Waals surface area contributed by atoms with Crippen LogP contribution in [0, 0.1) is 0 Å². The molecule has 1 aromatic carbocycles. The lowest BCUT2D eigenvalue weighted by atomic mass is 10.1. The number of aromatic nitrogens is 2. The van der Waals surface area contributed by atoms with E-state index in [9.17, 15) is 0 Å². The molecule has 0 N–H and O–H groups in total. The van der Waals surface area contributed by atoms with Gasteiger partial charge in [-0.25, -0.2) is 0 Å². The summed E-state index contributed by atoms with van der Waals surface area (Å²) < 4.78 is 13.6. The third-order valence-corrected chi connectivity index (χ3v) is 4.14. The molecular weight excluding hydrogens is 290 g/mol. The van der Waals surface area contributed by atoms with Gasteiger partial charge < -0.3 is 21.9 Å². The molecule has 1 fully saturated rings. The van der Waals surface area contributed by atoms with Crippen LogP contribution in [0.2, 0.25) is 0 Å². The lowest BCUT2D eigenvalue weighted by Crippen LogP contribution is -3.00. The fourth-order valence-corrected chi connectivity index (χ4v) is 3.13. The van der Waals surface area contributed by atoms with Crippen molar-refractivity contribution in [2.45, 2.75) is 12.6 Å². The Morgan fingerprint density at radius 1 is 1.14 bits per heavy atom. The Labute approximate surface area is 131 Å². The van der Waals surface area contributed by atoms with Gasteiger partial charge in [-0.15, -0.1) is 0 Å². The Kier molecular flexibility index (Phi) is 4.45. The molecular formula is C15H20ClN3O2. The van der Waals surface area contributed by atoms with Crippen molar-refractivity contribution in [3.8, 4) is 0 Å². The monoisotopic (exact) mass is 309 g/mol. The maximum atomic E-state index is 6.03. The van der Waals surface area contributed by atoms with Crippen molar-refractivity contribution in [2.75, 3.05) is 39.5 Å². The Hall–Kier alpha value is -1.14. The average molecular weight is 310 g/mol. The first-order valence-corrected chi connectivity index (χ1v) is 7.29. The molecule has 1 aromatic heterocycles. The number of fused-ring (bicyclic) bond motifs is 3. The first-order chi connectivity index (χ1) is 9.92. The molecule has 0 amide bonds. The second-order valence-corrected chi connectivity index (χ2v) is 5.40. The van der Waals surface area contributed by atoms with Crippen molar-refractivity contribution in [1.82, 2.24) is 14.7 Å². The molecule has 0 spiro atoms. The highest BCUT2D eigenvalue weighted by Crippen LogP contribution is 2.30. The maximum absolute atomic E-state index is 6.03. The van der Waals surface area contributed by atoms with Gasteiger partial charge in [0.2, 0.25) is 0 Å². The van der Waals surface area contributed by atoms with Crippen LogP contribution in [0.4, 0.5) is 0 Å². The zero-order valence-electron chi connectivity index (χ0n) is 12.9. The summed E-state index contributed by atoms with van der Waals surface area (Å²) in [4.78, 5) is 2.42. The SMILES string of the molecule is [Cl-].[H+].c1ccc2c3n(nc2c1)CCOC3CN1CCOCC1. The van der Waals surface area contributed by atoms with Crippen molar-refractivity contribution in [3.63, 3.8) is 0 Å². The van der Waals surface area contributed by atoms with Crippen molar-refractivity contribution in [1.29, 1.82) is 0 Å². The van der Waals surface area contributed by atoms with E-state index in [1.807, 2.05) is 6.07 Å². The van der Waals surface area contributed by atoms with Crippen LogP contribution in [0.15, 0.2) is 24.3 Å². The zero-order chi connectivity index (χ0) is 13.4. The fourth-order valence-electron chi connectivity index (χ4n) is 3.13. The molecule has 21 heavy (non-hydrogen) atoms. The van der Waals surface area contributed by atoms with Gasteiger partial charge in [-0.1, -0.05) is 18.2 Å². The number of nitrogens with zero attached hydrogens (tertiary/aromatic N) is 3. The van der Waals surface area contributed by atoms with Gasteiger partial charge in [0.1, 0.15) is 6.10 Å². The largest absolute Gasteiger partial charge is 1.00 e. The van der Waals surface area contributed by atoms with E-state index in [1.54, 1.807) is 0 Å². The number of hydrogen-bond donors (Lipinski definition) is 0. The molecule has 2 aliphatic rings. The zero-order valence-corrected chi connectivity index (χ0v) is 12.6. The Morgan fingerprint density at radius 3 is 2.81 bits per heavy atom. The molecule has 3 heterocycles. The van der Waals surface area contributed by atoms with E-state index in [-0.39, 0.29) is 19.9 Å². The predicted molar refractivity (Wildman–Crippen MR) is 76.8 cm³/mol. The number of morpholine rings is 1. The van der Waals surface area contributed by atoms with Crippen molar-refractivity contribution in [2.24, 2.45) is 0 Å². The van der Waals surface area contributed by atoms with Gasteiger partial charge in [-0.05, 0) is 6.07 Å². The second kappa shape index (κ2) is 6.32. The summed E-state index contributed by atoms with van der Waals surface area (Å²) >= 11 is 0.